The molecule has 0 bridgehead atoms. The summed E-state index contributed by atoms with van der Waals surface area (Å²) in [5.74, 6) is 1.81. The summed E-state index contributed by atoms with van der Waals surface area (Å²) in [5, 5.41) is 0. The third kappa shape index (κ3) is 1.68. The van der Waals surface area contributed by atoms with Crippen molar-refractivity contribution in [2.24, 2.45) is 0 Å². The first-order valence-electron chi connectivity index (χ1n) is 5.57. The summed E-state index contributed by atoms with van der Waals surface area (Å²) in [4.78, 5) is 5.90. The number of thiophene rings is 1. The van der Waals surface area contributed by atoms with Crippen molar-refractivity contribution in [1.29, 1.82) is 0 Å². The molecule has 1 aliphatic heterocycles. The van der Waals surface area contributed by atoms with Crippen LogP contribution in [-0.4, -0.2) is 9.55 Å². The molecule has 2 aromatic heterocycles. The van der Waals surface area contributed by atoms with Gasteiger partial charge in [0.05, 0.1) is 14.9 Å². The summed E-state index contributed by atoms with van der Waals surface area (Å²) in [6.07, 6.45) is 4.67. The summed E-state index contributed by atoms with van der Waals surface area (Å²) in [5.41, 5.74) is 1.07. The Morgan fingerprint density at radius 1 is 1.50 bits per heavy atom. The topological polar surface area (TPSA) is 17.8 Å². The van der Waals surface area contributed by atoms with Crippen LogP contribution < -0.4 is 0 Å². The van der Waals surface area contributed by atoms with Gasteiger partial charge in [0.15, 0.2) is 0 Å². The number of fused-ring (bicyclic) bond motifs is 1. The lowest BCUT2D eigenvalue weighted by atomic mass is 10.0. The summed E-state index contributed by atoms with van der Waals surface area (Å²) < 4.78 is 3.12. The van der Waals surface area contributed by atoms with Crippen molar-refractivity contribution >= 4 is 22.9 Å². The fourth-order valence-electron chi connectivity index (χ4n) is 2.27. The Bertz CT molecular complexity index is 515. The van der Waals surface area contributed by atoms with Crippen molar-refractivity contribution in [3.05, 3.63) is 28.5 Å². The lowest BCUT2D eigenvalue weighted by molar-refractivity contribution is 0.463. The normalized spacial score (nSPS) is 19.8. The average molecular weight is 253 g/mol. The Balaban J connectivity index is 2.04. The van der Waals surface area contributed by atoms with Crippen molar-refractivity contribution in [3.8, 4) is 10.6 Å². The maximum absolute atomic E-state index is 5.95. The van der Waals surface area contributed by atoms with E-state index in [-0.39, 0.29) is 0 Å². The SMILES string of the molecule is C[C@@H]1CCCn2cc(-c3ccc(Cl)s3)nc21. The van der Waals surface area contributed by atoms with E-state index in [1.54, 1.807) is 11.3 Å². The molecule has 3 rings (SSSR count). The van der Waals surface area contributed by atoms with Gasteiger partial charge in [-0.1, -0.05) is 18.5 Å². The van der Waals surface area contributed by atoms with Gasteiger partial charge in [-0.05, 0) is 25.0 Å². The van der Waals surface area contributed by atoms with E-state index >= 15 is 0 Å². The second-order valence-corrected chi connectivity index (χ2v) is 6.04. The fraction of sp³-hybridized carbons (Fsp3) is 0.417. The Hall–Kier alpha value is -0.800. The molecule has 0 saturated heterocycles. The zero-order valence-electron chi connectivity index (χ0n) is 9.11. The Morgan fingerprint density at radius 2 is 2.38 bits per heavy atom. The predicted octanol–water partition coefficient (Wildman–Crippen LogP) is 4.16. The van der Waals surface area contributed by atoms with Gasteiger partial charge >= 0.3 is 0 Å². The number of aryl methyl sites for hydroxylation is 1. The average Bonchev–Trinajstić information content (AvgIpc) is 2.84. The number of hydrogen-bond acceptors (Lipinski definition) is 2. The lowest BCUT2D eigenvalue weighted by Gasteiger charge is -2.19. The molecular weight excluding hydrogens is 240 g/mol. The van der Waals surface area contributed by atoms with E-state index in [1.165, 1.54) is 23.5 Å². The van der Waals surface area contributed by atoms with E-state index in [9.17, 15) is 0 Å². The second-order valence-electron chi connectivity index (χ2n) is 4.32. The molecule has 0 fully saturated rings. The Kier molecular flexibility index (Phi) is 2.52. The van der Waals surface area contributed by atoms with Crippen LogP contribution in [0.1, 0.15) is 31.5 Å². The number of aromatic nitrogens is 2. The summed E-state index contributed by atoms with van der Waals surface area (Å²) in [6, 6.07) is 3.98. The molecule has 0 amide bonds. The van der Waals surface area contributed by atoms with Crippen LogP contribution in [0.15, 0.2) is 18.3 Å². The minimum atomic E-state index is 0.581. The summed E-state index contributed by atoms with van der Waals surface area (Å²) in [7, 11) is 0. The highest BCUT2D eigenvalue weighted by atomic mass is 35.5. The van der Waals surface area contributed by atoms with Gasteiger partial charge in [0, 0.05) is 18.7 Å². The first kappa shape index (κ1) is 10.4. The molecule has 1 atom stereocenters. The molecule has 0 saturated carbocycles. The summed E-state index contributed by atoms with van der Waals surface area (Å²) >= 11 is 7.54. The van der Waals surface area contributed by atoms with Crippen molar-refractivity contribution in [3.63, 3.8) is 0 Å². The minimum absolute atomic E-state index is 0.581. The molecule has 0 radical (unpaired) electrons. The van der Waals surface area contributed by atoms with Gasteiger partial charge in [-0.25, -0.2) is 4.98 Å². The van der Waals surface area contributed by atoms with Crippen LogP contribution in [0.2, 0.25) is 4.34 Å². The van der Waals surface area contributed by atoms with E-state index in [0.29, 0.717) is 5.92 Å². The highest BCUT2D eigenvalue weighted by molar-refractivity contribution is 7.19. The standard InChI is InChI=1S/C12H13ClN2S/c1-8-3-2-6-15-7-9(14-12(8)15)10-4-5-11(13)16-10/h4-5,7-8H,2-3,6H2,1H3/t8-/m1/s1. The highest BCUT2D eigenvalue weighted by Crippen LogP contribution is 2.33. The van der Waals surface area contributed by atoms with Crippen molar-refractivity contribution < 1.29 is 0 Å². The van der Waals surface area contributed by atoms with Crippen LogP contribution in [0.5, 0.6) is 0 Å². The van der Waals surface area contributed by atoms with E-state index < -0.39 is 0 Å². The van der Waals surface area contributed by atoms with Gasteiger partial charge in [-0.15, -0.1) is 11.3 Å². The van der Waals surface area contributed by atoms with Crippen molar-refractivity contribution in [2.45, 2.75) is 32.2 Å². The molecular formula is C12H13ClN2S. The molecule has 16 heavy (non-hydrogen) atoms. The van der Waals surface area contributed by atoms with Crippen LogP contribution in [0.25, 0.3) is 10.6 Å². The monoisotopic (exact) mass is 252 g/mol. The van der Waals surface area contributed by atoms with Crippen LogP contribution in [0.3, 0.4) is 0 Å². The van der Waals surface area contributed by atoms with Gasteiger partial charge < -0.3 is 4.57 Å². The molecule has 84 valence electrons. The maximum Gasteiger partial charge on any atom is 0.112 e. The first-order chi connectivity index (χ1) is 7.74. The number of hydrogen-bond donors (Lipinski definition) is 0. The third-order valence-electron chi connectivity index (χ3n) is 3.11. The molecule has 0 aromatic carbocycles. The lowest BCUT2D eigenvalue weighted by Crippen LogP contribution is -2.12. The van der Waals surface area contributed by atoms with Crippen LogP contribution in [0.4, 0.5) is 0 Å². The van der Waals surface area contributed by atoms with Crippen molar-refractivity contribution in [2.75, 3.05) is 0 Å². The zero-order chi connectivity index (χ0) is 11.1. The van der Waals surface area contributed by atoms with Crippen LogP contribution in [0, 0.1) is 0 Å². The molecule has 2 nitrogen and oxygen atoms in total. The van der Waals surface area contributed by atoms with Gasteiger partial charge in [-0.2, -0.15) is 0 Å². The fourth-order valence-corrected chi connectivity index (χ4v) is 3.27. The zero-order valence-corrected chi connectivity index (χ0v) is 10.7. The smallest absolute Gasteiger partial charge is 0.112 e. The Labute approximate surface area is 104 Å². The van der Waals surface area contributed by atoms with E-state index in [1.807, 2.05) is 12.1 Å². The predicted molar refractivity (Wildman–Crippen MR) is 68.2 cm³/mol. The molecule has 3 heterocycles. The molecule has 4 heteroatoms. The second kappa shape index (κ2) is 3.90. The number of rotatable bonds is 1. The molecule has 0 aliphatic carbocycles. The third-order valence-corrected chi connectivity index (χ3v) is 4.36. The van der Waals surface area contributed by atoms with E-state index in [0.717, 1.165) is 16.6 Å². The quantitative estimate of drug-likeness (QED) is 0.745. The van der Waals surface area contributed by atoms with Gasteiger partial charge in [-0.3, -0.25) is 0 Å². The Morgan fingerprint density at radius 3 is 3.06 bits per heavy atom. The summed E-state index contributed by atoms with van der Waals surface area (Å²) in [6.45, 7) is 3.36. The number of imidazole rings is 1. The minimum Gasteiger partial charge on any atom is -0.334 e. The largest absolute Gasteiger partial charge is 0.334 e. The molecule has 0 spiro atoms. The number of nitrogens with zero attached hydrogens (tertiary/aromatic N) is 2. The molecule has 2 aromatic rings. The molecule has 0 N–H and O–H groups in total. The maximum atomic E-state index is 5.95. The number of halogens is 1. The van der Waals surface area contributed by atoms with Crippen molar-refractivity contribution in [1.82, 2.24) is 9.55 Å². The van der Waals surface area contributed by atoms with Crippen LogP contribution in [-0.2, 0) is 6.54 Å². The van der Waals surface area contributed by atoms with Gasteiger partial charge in [0.2, 0.25) is 0 Å². The van der Waals surface area contributed by atoms with Crippen LogP contribution >= 0.6 is 22.9 Å². The van der Waals surface area contributed by atoms with E-state index in [4.69, 9.17) is 16.6 Å². The molecule has 1 aliphatic rings. The van der Waals surface area contributed by atoms with Gasteiger partial charge in [0.1, 0.15) is 5.82 Å². The van der Waals surface area contributed by atoms with Gasteiger partial charge in [0.25, 0.3) is 0 Å². The van der Waals surface area contributed by atoms with E-state index in [2.05, 4.69) is 17.7 Å². The molecule has 0 unspecified atom stereocenters. The first-order valence-corrected chi connectivity index (χ1v) is 6.76. The highest BCUT2D eigenvalue weighted by Gasteiger charge is 2.19.